The molecule has 0 atom stereocenters. The number of thioether (sulfide) groups is 8. The Bertz CT molecular complexity index is 2170. The van der Waals surface area contributed by atoms with Crippen LogP contribution in [0, 0.1) is 0 Å². The largest absolute Gasteiger partial charge is 0.465 e. The minimum atomic E-state index is -0.798. The van der Waals surface area contributed by atoms with Crippen LogP contribution in [0.4, 0.5) is 0 Å². The van der Waals surface area contributed by atoms with E-state index in [1.54, 1.807) is 36.4 Å². The van der Waals surface area contributed by atoms with Crippen LogP contribution in [0.15, 0.2) is 92.6 Å². The number of hydrogen-bond donors (Lipinski definition) is 0. The summed E-state index contributed by atoms with van der Waals surface area (Å²) >= 11 is 7.53. The normalized spacial score (nSPS) is 16.0. The van der Waals surface area contributed by atoms with E-state index in [2.05, 4.69) is 0 Å². The highest BCUT2D eigenvalue weighted by molar-refractivity contribution is 8.31. The Morgan fingerprint density at radius 3 is 0.774 bits per heavy atom. The molecular formula is C38H30O16S8. The number of carbonyl (C=O) groups excluding carboxylic acids is 8. The van der Waals surface area contributed by atoms with E-state index in [1.807, 2.05) is 0 Å². The van der Waals surface area contributed by atoms with Gasteiger partial charge in [0.05, 0.1) is 73.8 Å². The maximum atomic E-state index is 13.0. The summed E-state index contributed by atoms with van der Waals surface area (Å²) in [5.41, 5.74) is 1.77. The van der Waals surface area contributed by atoms with Crippen molar-refractivity contribution in [1.82, 2.24) is 0 Å². The Morgan fingerprint density at radius 2 is 0.565 bits per heavy atom. The molecule has 1 aromatic carbocycles. The Kier molecular flexibility index (Phi) is 17.2. The van der Waals surface area contributed by atoms with Crippen molar-refractivity contribution in [3.63, 3.8) is 0 Å². The van der Waals surface area contributed by atoms with Gasteiger partial charge in [-0.25, -0.2) is 38.4 Å². The number of methoxy groups -OCH3 is 8. The van der Waals surface area contributed by atoms with Crippen molar-refractivity contribution < 1.29 is 76.3 Å². The summed E-state index contributed by atoms with van der Waals surface area (Å²) in [6, 6.07) is 6.89. The molecule has 0 N–H and O–H groups in total. The summed E-state index contributed by atoms with van der Waals surface area (Å²) < 4.78 is 41.3. The lowest BCUT2D eigenvalue weighted by atomic mass is 10.0. The van der Waals surface area contributed by atoms with E-state index >= 15 is 0 Å². The van der Waals surface area contributed by atoms with Gasteiger partial charge in [-0.2, -0.15) is 0 Å². The van der Waals surface area contributed by atoms with Crippen molar-refractivity contribution in [1.29, 1.82) is 0 Å². The Hall–Kier alpha value is -4.30. The average molecular weight is 999 g/mol. The third-order valence-electron chi connectivity index (χ3n) is 7.83. The number of esters is 8. The standard InChI is InChI=1S/C38H30O16S8/c1-47-29(39)21-22(30(40)48-2)56-19(55-21)13-17(37-59-25(33(43)51-5)26(60-37)34(44)52-6)15-10-9-11-16(12-15)18(38-61-27(35(45)53-7)28(62-38)36(46)54-8)14-20-57-23(31(41)49-3)24(58-20)32(42)50-4/h9-14H,1-8H3. The number of allylic oxidation sites excluding steroid dienone is 4. The maximum Gasteiger partial charge on any atom is 0.346 e. The fourth-order valence-electron chi connectivity index (χ4n) is 4.99. The predicted molar refractivity (Wildman–Crippen MR) is 241 cm³/mol. The molecule has 4 heterocycles. The van der Waals surface area contributed by atoms with E-state index in [4.69, 9.17) is 37.9 Å². The molecule has 0 fully saturated rings. The molecule has 4 aliphatic rings. The zero-order valence-electron chi connectivity index (χ0n) is 33.3. The lowest BCUT2D eigenvalue weighted by molar-refractivity contribution is -0.138. The topological polar surface area (TPSA) is 210 Å². The molecule has 1 aromatic rings. The van der Waals surface area contributed by atoms with Gasteiger partial charge >= 0.3 is 47.8 Å². The van der Waals surface area contributed by atoms with Gasteiger partial charge in [0.15, 0.2) is 0 Å². The van der Waals surface area contributed by atoms with Gasteiger partial charge in [-0.1, -0.05) is 112 Å². The third kappa shape index (κ3) is 10.5. The van der Waals surface area contributed by atoms with E-state index in [-0.39, 0.29) is 39.2 Å². The number of ether oxygens (including phenoxy) is 8. The van der Waals surface area contributed by atoms with E-state index in [0.717, 1.165) is 123 Å². The summed E-state index contributed by atoms with van der Waals surface area (Å²) in [6.07, 6.45) is 3.32. The molecule has 16 nitrogen and oxygen atoms in total. The van der Waals surface area contributed by atoms with Gasteiger partial charge in [0.25, 0.3) is 0 Å². The van der Waals surface area contributed by atoms with Crippen molar-refractivity contribution in [2.45, 2.75) is 0 Å². The van der Waals surface area contributed by atoms with E-state index in [9.17, 15) is 38.4 Å². The molecular weight excluding hydrogens is 969 g/mol. The monoisotopic (exact) mass is 998 g/mol. The first-order chi connectivity index (χ1) is 29.7. The Balaban J connectivity index is 1.75. The summed E-state index contributed by atoms with van der Waals surface area (Å²) in [7, 11) is 9.33. The van der Waals surface area contributed by atoms with E-state index in [0.29, 0.717) is 39.2 Å². The molecule has 0 aromatic heterocycles. The van der Waals surface area contributed by atoms with Gasteiger partial charge in [-0.3, -0.25) is 0 Å². The quantitative estimate of drug-likeness (QED) is 0.155. The molecule has 0 saturated heterocycles. The van der Waals surface area contributed by atoms with Crippen molar-refractivity contribution in [2.75, 3.05) is 56.9 Å². The Labute approximate surface area is 387 Å². The molecule has 0 saturated carbocycles. The van der Waals surface area contributed by atoms with Crippen LogP contribution in [-0.2, 0) is 76.3 Å². The zero-order chi connectivity index (χ0) is 45.4. The smallest absolute Gasteiger partial charge is 0.346 e. The summed E-state index contributed by atoms with van der Waals surface area (Å²) in [5, 5.41) is 0. The predicted octanol–water partition coefficient (Wildman–Crippen LogP) is 6.86. The summed E-state index contributed by atoms with van der Waals surface area (Å²) in [4.78, 5) is 103. The average Bonchev–Trinajstić information content (AvgIpc) is 4.13. The van der Waals surface area contributed by atoms with Gasteiger partial charge in [-0.15, -0.1) is 0 Å². The number of benzene rings is 1. The highest BCUT2D eigenvalue weighted by atomic mass is 32.2. The van der Waals surface area contributed by atoms with Gasteiger partial charge in [0.1, 0.15) is 39.2 Å². The van der Waals surface area contributed by atoms with Crippen LogP contribution in [0.25, 0.3) is 11.1 Å². The molecule has 0 radical (unpaired) electrons. The molecule has 0 aliphatic carbocycles. The SMILES string of the molecule is COC(=O)C1=C(C(=O)OC)SC(=CC(=C2SC(C(=O)OC)=C(C(=O)OC)S2)c2cccc(C(C=C3SC(C(=O)OC)=C(C(=O)OC)S3)=C3SC(C(=O)OC)=C(C(=O)OC)S3)c2)S1. The van der Waals surface area contributed by atoms with Crippen LogP contribution in [0.5, 0.6) is 0 Å². The zero-order valence-corrected chi connectivity index (χ0v) is 39.8. The molecule has 4 aliphatic heterocycles. The second kappa shape index (κ2) is 21.9. The van der Waals surface area contributed by atoms with Crippen LogP contribution in [-0.4, -0.2) is 105 Å². The molecule has 326 valence electrons. The highest BCUT2D eigenvalue weighted by Crippen LogP contribution is 2.58. The molecule has 0 bridgehead atoms. The van der Waals surface area contributed by atoms with Crippen molar-refractivity contribution in [3.05, 3.63) is 104 Å². The minimum absolute atomic E-state index is 0.0221. The second-order valence-corrected chi connectivity index (χ2v) is 20.6. The van der Waals surface area contributed by atoms with E-state index < -0.39 is 47.8 Å². The van der Waals surface area contributed by atoms with Crippen molar-refractivity contribution in [2.24, 2.45) is 0 Å². The van der Waals surface area contributed by atoms with Gasteiger partial charge in [0, 0.05) is 11.1 Å². The van der Waals surface area contributed by atoms with Gasteiger partial charge < -0.3 is 37.9 Å². The molecule has 24 heteroatoms. The van der Waals surface area contributed by atoms with Crippen LogP contribution in [0.1, 0.15) is 11.1 Å². The lowest BCUT2D eigenvalue weighted by Gasteiger charge is -2.13. The first-order valence-corrected chi connectivity index (χ1v) is 23.3. The fraction of sp³-hybridized carbons (Fsp3) is 0.211. The summed E-state index contributed by atoms with van der Waals surface area (Å²) in [6.45, 7) is 0. The first kappa shape index (κ1) is 48.7. The first-order valence-electron chi connectivity index (χ1n) is 16.8. The van der Waals surface area contributed by atoms with Gasteiger partial charge in [-0.05, 0) is 29.3 Å². The van der Waals surface area contributed by atoms with Crippen LogP contribution < -0.4 is 0 Å². The highest BCUT2D eigenvalue weighted by Gasteiger charge is 2.38. The van der Waals surface area contributed by atoms with E-state index in [1.165, 1.54) is 28.4 Å². The molecule has 0 amide bonds. The Morgan fingerprint density at radius 1 is 0.355 bits per heavy atom. The van der Waals surface area contributed by atoms with Crippen molar-refractivity contribution >= 4 is 153 Å². The number of hydrogen-bond acceptors (Lipinski definition) is 24. The van der Waals surface area contributed by atoms with Crippen LogP contribution >= 0.6 is 94.1 Å². The minimum Gasteiger partial charge on any atom is -0.465 e. The molecule has 62 heavy (non-hydrogen) atoms. The lowest BCUT2D eigenvalue weighted by Crippen LogP contribution is -2.08. The van der Waals surface area contributed by atoms with Crippen LogP contribution in [0.3, 0.4) is 0 Å². The van der Waals surface area contributed by atoms with Crippen molar-refractivity contribution in [3.8, 4) is 0 Å². The number of rotatable bonds is 12. The van der Waals surface area contributed by atoms with Crippen LogP contribution in [0.2, 0.25) is 0 Å². The fourth-order valence-corrected chi connectivity index (χ4v) is 14.8. The molecule has 5 rings (SSSR count). The third-order valence-corrected chi connectivity index (χ3v) is 17.8. The van der Waals surface area contributed by atoms with Gasteiger partial charge in [0.2, 0.25) is 0 Å². The molecule has 0 spiro atoms. The maximum absolute atomic E-state index is 13.0. The molecule has 0 unspecified atom stereocenters. The summed E-state index contributed by atoms with van der Waals surface area (Å²) in [5.74, 6) is -6.30. The number of carbonyl (C=O) groups is 8. The second-order valence-electron chi connectivity index (χ2n) is 11.3.